The summed E-state index contributed by atoms with van der Waals surface area (Å²) >= 11 is 0. The van der Waals surface area contributed by atoms with E-state index in [1.54, 1.807) is 29.2 Å². The molecule has 2 rings (SSSR count). The first kappa shape index (κ1) is 15.4. The molecule has 1 saturated heterocycles. The molecule has 1 fully saturated rings. The normalized spacial score (nSPS) is 17.3. The van der Waals surface area contributed by atoms with Crippen LogP contribution in [0.3, 0.4) is 0 Å². The van der Waals surface area contributed by atoms with Crippen molar-refractivity contribution >= 4 is 17.7 Å². The van der Waals surface area contributed by atoms with Crippen molar-refractivity contribution in [2.24, 2.45) is 5.41 Å². The van der Waals surface area contributed by atoms with Crippen molar-refractivity contribution in [1.29, 1.82) is 0 Å². The third-order valence-corrected chi connectivity index (χ3v) is 3.76. The van der Waals surface area contributed by atoms with Gasteiger partial charge in [-0.25, -0.2) is 4.79 Å². The Balaban J connectivity index is 2.20. The van der Waals surface area contributed by atoms with Crippen LogP contribution in [0, 0.1) is 5.41 Å². The number of carbonyl (C=O) groups is 2. The Morgan fingerprint density at radius 1 is 1.29 bits per heavy atom. The van der Waals surface area contributed by atoms with Crippen LogP contribution >= 0.6 is 0 Å². The average Bonchev–Trinajstić information content (AvgIpc) is 2.44. The quantitative estimate of drug-likeness (QED) is 0.931. The Kier molecular flexibility index (Phi) is 4.50. The van der Waals surface area contributed by atoms with E-state index in [0.717, 1.165) is 12.8 Å². The molecule has 0 unspecified atom stereocenters. The van der Waals surface area contributed by atoms with Crippen LogP contribution in [0.4, 0.5) is 10.5 Å². The molecule has 1 aromatic carbocycles. The molecule has 0 bridgehead atoms. The number of para-hydroxylation sites is 1. The molecule has 1 N–H and O–H groups in total. The SMILES string of the molecule is CC1(C)CCCN(C(=O)N(CC(=O)O)c2ccccc2)C1. The van der Waals surface area contributed by atoms with Gasteiger partial charge in [0.15, 0.2) is 0 Å². The monoisotopic (exact) mass is 290 g/mol. The lowest BCUT2D eigenvalue weighted by Gasteiger charge is -2.40. The Morgan fingerprint density at radius 2 is 1.95 bits per heavy atom. The number of amides is 2. The number of carboxylic acids is 1. The van der Waals surface area contributed by atoms with Crippen molar-refractivity contribution in [2.75, 3.05) is 24.5 Å². The Bertz CT molecular complexity index is 514. The molecule has 1 aliphatic heterocycles. The van der Waals surface area contributed by atoms with Crippen LogP contribution in [0.15, 0.2) is 30.3 Å². The van der Waals surface area contributed by atoms with Gasteiger partial charge in [-0.3, -0.25) is 9.69 Å². The van der Waals surface area contributed by atoms with Crippen LogP contribution < -0.4 is 4.90 Å². The summed E-state index contributed by atoms with van der Waals surface area (Å²) in [6.45, 7) is 5.30. The minimum absolute atomic E-state index is 0.0828. The van der Waals surface area contributed by atoms with Gasteiger partial charge in [0.1, 0.15) is 6.54 Å². The van der Waals surface area contributed by atoms with E-state index in [9.17, 15) is 9.59 Å². The Hall–Kier alpha value is -2.04. The van der Waals surface area contributed by atoms with Crippen molar-refractivity contribution in [3.63, 3.8) is 0 Å². The highest BCUT2D eigenvalue weighted by Crippen LogP contribution is 2.29. The second-order valence-electron chi connectivity index (χ2n) is 6.29. The van der Waals surface area contributed by atoms with Gasteiger partial charge in [0, 0.05) is 18.8 Å². The molecule has 0 aromatic heterocycles. The largest absolute Gasteiger partial charge is 0.480 e. The standard InChI is InChI=1S/C16H22N2O3/c1-16(2)9-6-10-17(12-16)15(21)18(11-14(19)20)13-7-4-3-5-8-13/h3-5,7-8H,6,9-12H2,1-2H3,(H,19,20). The first-order chi connectivity index (χ1) is 9.89. The number of piperidine rings is 1. The number of aliphatic carboxylic acids is 1. The van der Waals surface area contributed by atoms with E-state index in [1.807, 2.05) is 6.07 Å². The Morgan fingerprint density at radius 3 is 2.52 bits per heavy atom. The number of rotatable bonds is 3. The van der Waals surface area contributed by atoms with Gasteiger partial charge in [-0.05, 0) is 30.4 Å². The van der Waals surface area contributed by atoms with E-state index >= 15 is 0 Å². The fourth-order valence-electron chi connectivity index (χ4n) is 2.77. The van der Waals surface area contributed by atoms with Gasteiger partial charge in [0.2, 0.25) is 0 Å². The summed E-state index contributed by atoms with van der Waals surface area (Å²) in [5.41, 5.74) is 0.702. The van der Waals surface area contributed by atoms with Crippen LogP contribution in [0.2, 0.25) is 0 Å². The molecule has 0 atom stereocenters. The van der Waals surface area contributed by atoms with Gasteiger partial charge in [0.05, 0.1) is 0 Å². The first-order valence-electron chi connectivity index (χ1n) is 7.22. The topological polar surface area (TPSA) is 60.9 Å². The first-order valence-corrected chi connectivity index (χ1v) is 7.22. The van der Waals surface area contributed by atoms with Crippen molar-refractivity contribution < 1.29 is 14.7 Å². The maximum absolute atomic E-state index is 12.7. The molecule has 0 spiro atoms. The minimum Gasteiger partial charge on any atom is -0.480 e. The van der Waals surface area contributed by atoms with Gasteiger partial charge in [-0.15, -0.1) is 0 Å². The van der Waals surface area contributed by atoms with Crippen LogP contribution in [0.25, 0.3) is 0 Å². The molecule has 1 heterocycles. The number of urea groups is 1. The summed E-state index contributed by atoms with van der Waals surface area (Å²) in [6, 6.07) is 8.74. The molecule has 0 radical (unpaired) electrons. The number of hydrogen-bond donors (Lipinski definition) is 1. The van der Waals surface area contributed by atoms with Gasteiger partial charge in [-0.2, -0.15) is 0 Å². The molecule has 5 nitrogen and oxygen atoms in total. The zero-order valence-corrected chi connectivity index (χ0v) is 12.6. The molecule has 21 heavy (non-hydrogen) atoms. The predicted molar refractivity (Wildman–Crippen MR) is 81.4 cm³/mol. The summed E-state index contributed by atoms with van der Waals surface area (Å²) in [7, 11) is 0. The fourth-order valence-corrected chi connectivity index (χ4v) is 2.77. The van der Waals surface area contributed by atoms with Crippen LogP contribution in [0.5, 0.6) is 0 Å². The second kappa shape index (κ2) is 6.16. The Labute approximate surface area is 125 Å². The zero-order chi connectivity index (χ0) is 15.5. The second-order valence-corrected chi connectivity index (χ2v) is 6.29. The molecular weight excluding hydrogens is 268 g/mol. The molecule has 5 heteroatoms. The number of hydrogen-bond acceptors (Lipinski definition) is 2. The van der Waals surface area contributed by atoms with Crippen molar-refractivity contribution in [3.8, 4) is 0 Å². The number of anilines is 1. The third kappa shape index (κ3) is 3.97. The van der Waals surface area contributed by atoms with E-state index < -0.39 is 5.97 Å². The molecule has 114 valence electrons. The van der Waals surface area contributed by atoms with Gasteiger partial charge >= 0.3 is 12.0 Å². The summed E-state index contributed by atoms with van der Waals surface area (Å²) in [4.78, 5) is 26.9. The smallest absolute Gasteiger partial charge is 0.325 e. The minimum atomic E-state index is -1.01. The van der Waals surface area contributed by atoms with E-state index in [0.29, 0.717) is 18.8 Å². The summed E-state index contributed by atoms with van der Waals surface area (Å²) in [5.74, 6) is -1.01. The predicted octanol–water partition coefficient (Wildman–Crippen LogP) is 2.82. The molecule has 0 saturated carbocycles. The molecular formula is C16H22N2O3. The van der Waals surface area contributed by atoms with Crippen LogP contribution in [-0.2, 0) is 4.79 Å². The average molecular weight is 290 g/mol. The number of likely N-dealkylation sites (tertiary alicyclic amines) is 1. The lowest BCUT2D eigenvalue weighted by molar-refractivity contribution is -0.135. The highest BCUT2D eigenvalue weighted by Gasteiger charge is 2.32. The third-order valence-electron chi connectivity index (χ3n) is 3.76. The van der Waals surface area contributed by atoms with Gasteiger partial charge in [-0.1, -0.05) is 32.0 Å². The zero-order valence-electron chi connectivity index (χ0n) is 12.6. The highest BCUT2D eigenvalue weighted by atomic mass is 16.4. The van der Waals surface area contributed by atoms with E-state index in [-0.39, 0.29) is 18.0 Å². The summed E-state index contributed by atoms with van der Waals surface area (Å²) in [5, 5.41) is 9.08. The summed E-state index contributed by atoms with van der Waals surface area (Å²) in [6.07, 6.45) is 2.04. The van der Waals surface area contributed by atoms with E-state index in [1.165, 1.54) is 4.90 Å². The highest BCUT2D eigenvalue weighted by molar-refractivity contribution is 5.96. The number of carboxylic acid groups (broad SMARTS) is 1. The number of carbonyl (C=O) groups excluding carboxylic acids is 1. The van der Waals surface area contributed by atoms with Crippen molar-refractivity contribution in [3.05, 3.63) is 30.3 Å². The molecule has 1 aliphatic rings. The maximum Gasteiger partial charge on any atom is 0.325 e. The lowest BCUT2D eigenvalue weighted by Crippen LogP contribution is -2.51. The maximum atomic E-state index is 12.7. The van der Waals surface area contributed by atoms with Crippen LogP contribution in [0.1, 0.15) is 26.7 Å². The fraction of sp³-hybridized carbons (Fsp3) is 0.500. The van der Waals surface area contributed by atoms with Gasteiger partial charge in [0.25, 0.3) is 0 Å². The van der Waals surface area contributed by atoms with E-state index in [2.05, 4.69) is 13.8 Å². The molecule has 0 aliphatic carbocycles. The summed E-state index contributed by atoms with van der Waals surface area (Å²) < 4.78 is 0. The van der Waals surface area contributed by atoms with Gasteiger partial charge < -0.3 is 10.0 Å². The molecule has 1 aromatic rings. The lowest BCUT2D eigenvalue weighted by atomic mass is 9.84. The number of nitrogens with zero attached hydrogens (tertiary/aromatic N) is 2. The van der Waals surface area contributed by atoms with E-state index in [4.69, 9.17) is 5.11 Å². The number of benzene rings is 1. The van der Waals surface area contributed by atoms with Crippen LogP contribution in [-0.4, -0.2) is 41.6 Å². The van der Waals surface area contributed by atoms with Crippen molar-refractivity contribution in [2.45, 2.75) is 26.7 Å². The van der Waals surface area contributed by atoms with Crippen molar-refractivity contribution in [1.82, 2.24) is 4.90 Å². The molecule has 2 amide bonds.